The van der Waals surface area contributed by atoms with Crippen LogP contribution in [0.1, 0.15) is 41.9 Å². The smallest absolute Gasteiger partial charge is 0.342 e. The fraction of sp³-hybridized carbons (Fsp3) is 0.500. The van der Waals surface area contributed by atoms with Crippen molar-refractivity contribution in [2.45, 2.75) is 40.2 Å². The molecule has 1 aromatic rings. The van der Waals surface area contributed by atoms with Gasteiger partial charge in [-0.15, -0.1) is 0 Å². The van der Waals surface area contributed by atoms with E-state index in [1.54, 1.807) is 19.9 Å². The average Bonchev–Trinajstić information content (AvgIpc) is 2.34. The van der Waals surface area contributed by atoms with Crippen molar-refractivity contribution in [1.82, 2.24) is 10.3 Å². The fourth-order valence-corrected chi connectivity index (χ4v) is 2.02. The van der Waals surface area contributed by atoms with E-state index in [0.29, 0.717) is 5.56 Å². The average molecular weight is 299 g/mol. The summed E-state index contributed by atoms with van der Waals surface area (Å²) in [6.45, 7) is 7.04. The molecular formula is C14H19ClN2O3. The molecule has 1 N–H and O–H groups in total. The van der Waals surface area contributed by atoms with Gasteiger partial charge in [0.05, 0.1) is 5.56 Å². The summed E-state index contributed by atoms with van der Waals surface area (Å²) in [5, 5.41) is 2.80. The molecule has 6 heteroatoms. The number of nitrogens with zero attached hydrogens (tertiary/aromatic N) is 1. The van der Waals surface area contributed by atoms with Crippen molar-refractivity contribution in [2.24, 2.45) is 0 Å². The van der Waals surface area contributed by atoms with Gasteiger partial charge in [-0.1, -0.05) is 18.5 Å². The van der Waals surface area contributed by atoms with E-state index in [1.165, 1.54) is 0 Å². The number of rotatable bonds is 5. The maximum atomic E-state index is 11.9. The molecular weight excluding hydrogens is 280 g/mol. The van der Waals surface area contributed by atoms with E-state index in [1.807, 2.05) is 13.8 Å². The molecule has 1 heterocycles. The van der Waals surface area contributed by atoms with E-state index in [2.05, 4.69) is 10.3 Å². The Hall–Kier alpha value is -1.62. The van der Waals surface area contributed by atoms with Crippen LogP contribution in [0.3, 0.4) is 0 Å². The molecule has 1 rings (SSSR count). The number of carbonyl (C=O) groups is 2. The highest BCUT2D eigenvalue weighted by Gasteiger charge is 2.18. The number of pyridine rings is 1. The lowest BCUT2D eigenvalue weighted by Crippen LogP contribution is -2.35. The number of esters is 1. The van der Waals surface area contributed by atoms with Crippen molar-refractivity contribution in [2.75, 3.05) is 6.61 Å². The molecule has 0 saturated heterocycles. The number of aryl methyl sites for hydroxylation is 2. The molecule has 20 heavy (non-hydrogen) atoms. The van der Waals surface area contributed by atoms with E-state index in [9.17, 15) is 9.59 Å². The molecule has 0 spiro atoms. The Bertz CT molecular complexity index is 494. The Morgan fingerprint density at radius 3 is 2.65 bits per heavy atom. The van der Waals surface area contributed by atoms with Crippen LogP contribution in [0.25, 0.3) is 0 Å². The van der Waals surface area contributed by atoms with Crippen molar-refractivity contribution in [3.63, 3.8) is 0 Å². The standard InChI is InChI=1S/C14H19ClN2O3/c1-5-9(3)16-11(18)7-20-14(19)12-8(2)6-10(4)17-13(12)15/h6,9H,5,7H2,1-4H3,(H,16,18)/t9-/m0/s1. The van der Waals surface area contributed by atoms with Gasteiger partial charge in [0.15, 0.2) is 6.61 Å². The second-order valence-electron chi connectivity index (χ2n) is 4.70. The third kappa shape index (κ3) is 4.49. The second-order valence-corrected chi connectivity index (χ2v) is 5.06. The van der Waals surface area contributed by atoms with Gasteiger partial charge in [0, 0.05) is 11.7 Å². The topological polar surface area (TPSA) is 68.3 Å². The number of carbonyl (C=O) groups excluding carboxylic acids is 2. The minimum Gasteiger partial charge on any atom is -0.452 e. The Balaban J connectivity index is 2.66. The summed E-state index contributed by atoms with van der Waals surface area (Å²) in [4.78, 5) is 27.5. The van der Waals surface area contributed by atoms with Gasteiger partial charge in [-0.3, -0.25) is 4.79 Å². The minimum absolute atomic E-state index is 0.0487. The Morgan fingerprint density at radius 2 is 2.10 bits per heavy atom. The fourth-order valence-electron chi connectivity index (χ4n) is 1.66. The first-order valence-corrected chi connectivity index (χ1v) is 6.83. The van der Waals surface area contributed by atoms with Gasteiger partial charge in [-0.05, 0) is 38.8 Å². The van der Waals surface area contributed by atoms with E-state index in [0.717, 1.165) is 12.1 Å². The van der Waals surface area contributed by atoms with E-state index >= 15 is 0 Å². The minimum atomic E-state index is -0.640. The molecule has 0 bridgehead atoms. The molecule has 0 aliphatic heterocycles. The maximum Gasteiger partial charge on any atom is 0.342 e. The first-order valence-electron chi connectivity index (χ1n) is 6.45. The first-order chi connectivity index (χ1) is 9.35. The van der Waals surface area contributed by atoms with Gasteiger partial charge in [-0.25, -0.2) is 9.78 Å². The molecule has 110 valence electrons. The second kappa shape index (κ2) is 7.24. The number of amides is 1. The lowest BCUT2D eigenvalue weighted by atomic mass is 10.1. The number of halogens is 1. The van der Waals surface area contributed by atoms with Gasteiger partial charge >= 0.3 is 5.97 Å². The highest BCUT2D eigenvalue weighted by atomic mass is 35.5. The van der Waals surface area contributed by atoms with Gasteiger partial charge in [0.1, 0.15) is 5.15 Å². The van der Waals surface area contributed by atoms with Crippen LogP contribution in [-0.2, 0) is 9.53 Å². The molecule has 1 amide bonds. The van der Waals surface area contributed by atoms with Crippen LogP contribution in [0, 0.1) is 13.8 Å². The molecule has 0 aliphatic rings. The van der Waals surface area contributed by atoms with Crippen LogP contribution >= 0.6 is 11.6 Å². The van der Waals surface area contributed by atoms with Crippen LogP contribution in [0.5, 0.6) is 0 Å². The summed E-state index contributed by atoms with van der Waals surface area (Å²) in [6.07, 6.45) is 0.812. The monoisotopic (exact) mass is 298 g/mol. The lowest BCUT2D eigenvalue weighted by molar-refractivity contribution is -0.124. The molecule has 0 radical (unpaired) electrons. The Kier molecular flexibility index (Phi) is 5.95. The molecule has 0 aliphatic carbocycles. The predicted octanol–water partition coefficient (Wildman–Crippen LogP) is 2.42. The summed E-state index contributed by atoms with van der Waals surface area (Å²) in [7, 11) is 0. The van der Waals surface area contributed by atoms with E-state index in [4.69, 9.17) is 16.3 Å². The van der Waals surface area contributed by atoms with Crippen molar-refractivity contribution in [3.8, 4) is 0 Å². The van der Waals surface area contributed by atoms with Crippen LogP contribution < -0.4 is 5.32 Å². The summed E-state index contributed by atoms with van der Waals surface area (Å²) >= 11 is 5.94. The summed E-state index contributed by atoms with van der Waals surface area (Å²) in [5.74, 6) is -0.971. The highest BCUT2D eigenvalue weighted by Crippen LogP contribution is 2.19. The zero-order valence-electron chi connectivity index (χ0n) is 12.1. The lowest BCUT2D eigenvalue weighted by Gasteiger charge is -2.12. The van der Waals surface area contributed by atoms with E-state index < -0.39 is 5.97 Å². The third-order valence-corrected chi connectivity index (χ3v) is 3.13. The molecule has 0 saturated carbocycles. The SMILES string of the molecule is CC[C@H](C)NC(=O)COC(=O)c1c(C)cc(C)nc1Cl. The van der Waals surface area contributed by atoms with Crippen molar-refractivity contribution >= 4 is 23.5 Å². The number of aromatic nitrogens is 1. The molecule has 1 aromatic heterocycles. The third-order valence-electron chi connectivity index (χ3n) is 2.86. The van der Waals surface area contributed by atoms with Gasteiger partial charge in [-0.2, -0.15) is 0 Å². The van der Waals surface area contributed by atoms with Gasteiger partial charge in [0.25, 0.3) is 5.91 Å². The van der Waals surface area contributed by atoms with Crippen molar-refractivity contribution < 1.29 is 14.3 Å². The predicted molar refractivity (Wildman–Crippen MR) is 76.9 cm³/mol. The number of ether oxygens (including phenoxy) is 1. The van der Waals surface area contributed by atoms with Crippen LogP contribution in [-0.4, -0.2) is 29.5 Å². The molecule has 5 nitrogen and oxygen atoms in total. The summed E-state index contributed by atoms with van der Waals surface area (Å²) < 4.78 is 4.96. The van der Waals surface area contributed by atoms with Crippen LogP contribution in [0.4, 0.5) is 0 Å². The highest BCUT2D eigenvalue weighted by molar-refractivity contribution is 6.32. The Morgan fingerprint density at radius 1 is 1.45 bits per heavy atom. The molecule has 1 atom stereocenters. The number of nitrogens with one attached hydrogen (secondary N) is 1. The number of hydrogen-bond acceptors (Lipinski definition) is 4. The number of hydrogen-bond donors (Lipinski definition) is 1. The van der Waals surface area contributed by atoms with Crippen LogP contribution in [0.2, 0.25) is 5.15 Å². The summed E-state index contributed by atoms with van der Waals surface area (Å²) in [5.41, 5.74) is 1.60. The molecule has 0 aromatic carbocycles. The van der Waals surface area contributed by atoms with Gasteiger partial charge in [0.2, 0.25) is 0 Å². The first kappa shape index (κ1) is 16.4. The van der Waals surface area contributed by atoms with Crippen LogP contribution in [0.15, 0.2) is 6.07 Å². The maximum absolute atomic E-state index is 11.9. The zero-order chi connectivity index (χ0) is 15.3. The quantitative estimate of drug-likeness (QED) is 0.669. The van der Waals surface area contributed by atoms with Gasteiger partial charge < -0.3 is 10.1 Å². The Labute approximate surface area is 123 Å². The largest absolute Gasteiger partial charge is 0.452 e. The van der Waals surface area contributed by atoms with Crippen molar-refractivity contribution in [1.29, 1.82) is 0 Å². The molecule has 0 unspecified atom stereocenters. The molecule has 0 fully saturated rings. The summed E-state index contributed by atoms with van der Waals surface area (Å²) in [6, 6.07) is 1.79. The van der Waals surface area contributed by atoms with E-state index in [-0.39, 0.29) is 29.3 Å². The zero-order valence-corrected chi connectivity index (χ0v) is 12.9. The normalized spacial score (nSPS) is 11.8. The van der Waals surface area contributed by atoms with Crippen molar-refractivity contribution in [3.05, 3.63) is 28.0 Å².